The molecule has 7 nitrogen and oxygen atoms in total. The van der Waals surface area contributed by atoms with Crippen LogP contribution in [0.4, 0.5) is 11.4 Å². The van der Waals surface area contributed by atoms with Crippen molar-refractivity contribution >= 4 is 29.4 Å². The van der Waals surface area contributed by atoms with E-state index in [4.69, 9.17) is 25.7 Å². The number of nitrogen functional groups attached to an aromatic ring is 2. The van der Waals surface area contributed by atoms with Crippen molar-refractivity contribution in [2.75, 3.05) is 18.1 Å². The van der Waals surface area contributed by atoms with E-state index in [1.54, 1.807) is 48.5 Å². The van der Waals surface area contributed by atoms with Gasteiger partial charge in [-0.25, -0.2) is 4.79 Å². The zero-order valence-corrected chi connectivity index (χ0v) is 20.4. The molecule has 0 heterocycles. The average Bonchev–Trinajstić information content (AvgIpc) is 2.86. The summed E-state index contributed by atoms with van der Waals surface area (Å²) in [5.74, 6) is -0.272. The number of hydrogen-bond acceptors (Lipinski definition) is 7. The fourth-order valence-electron chi connectivity index (χ4n) is 4.02. The number of nitrogens with two attached hydrogens (primary N) is 2. The fraction of sp³-hybridized carbons (Fsp3) is 0.429. The van der Waals surface area contributed by atoms with Gasteiger partial charge >= 0.3 is 11.9 Å². The van der Waals surface area contributed by atoms with Crippen molar-refractivity contribution in [2.24, 2.45) is 5.92 Å². The lowest BCUT2D eigenvalue weighted by Crippen LogP contribution is -2.29. The van der Waals surface area contributed by atoms with Gasteiger partial charge in [0.15, 0.2) is 0 Å². The van der Waals surface area contributed by atoms with Gasteiger partial charge in [-0.2, -0.15) is 0 Å². The van der Waals surface area contributed by atoms with Crippen molar-refractivity contribution in [3.63, 3.8) is 0 Å². The molecule has 0 spiro atoms. The molecule has 0 amide bonds. The summed E-state index contributed by atoms with van der Waals surface area (Å²) in [6, 6.07) is 12.1. The minimum Gasteiger partial charge on any atom is -0.458 e. The highest BCUT2D eigenvalue weighted by Gasteiger charge is 2.28. The number of anilines is 2. The topological polar surface area (TPSA) is 114 Å². The van der Waals surface area contributed by atoms with Gasteiger partial charge in [0.05, 0.1) is 12.0 Å². The maximum Gasteiger partial charge on any atom is 0.331 e. The second kappa shape index (κ2) is 13.5. The fourth-order valence-corrected chi connectivity index (χ4v) is 4.02. The van der Waals surface area contributed by atoms with E-state index in [2.05, 4.69) is 6.92 Å². The van der Waals surface area contributed by atoms with Crippen LogP contribution in [0.3, 0.4) is 0 Å². The predicted molar refractivity (Wildman–Crippen MR) is 137 cm³/mol. The van der Waals surface area contributed by atoms with Crippen LogP contribution in [0.5, 0.6) is 5.75 Å². The third-order valence-corrected chi connectivity index (χ3v) is 6.16. The van der Waals surface area contributed by atoms with Crippen LogP contribution in [0.2, 0.25) is 0 Å². The second-order valence-electron chi connectivity index (χ2n) is 8.94. The van der Waals surface area contributed by atoms with Crippen molar-refractivity contribution in [3.05, 3.63) is 59.7 Å². The van der Waals surface area contributed by atoms with Gasteiger partial charge in [0.2, 0.25) is 0 Å². The van der Waals surface area contributed by atoms with Gasteiger partial charge in [-0.3, -0.25) is 4.79 Å². The molecule has 1 aliphatic carbocycles. The molecule has 7 heteroatoms. The van der Waals surface area contributed by atoms with Crippen LogP contribution in [0.25, 0.3) is 6.08 Å². The molecule has 4 N–H and O–H groups in total. The second-order valence-corrected chi connectivity index (χ2v) is 8.94. The first-order valence-corrected chi connectivity index (χ1v) is 12.4. The van der Waals surface area contributed by atoms with Crippen molar-refractivity contribution in [3.8, 4) is 5.75 Å². The van der Waals surface area contributed by atoms with E-state index in [0.717, 1.165) is 44.3 Å². The number of esters is 2. The Morgan fingerprint density at radius 2 is 1.74 bits per heavy atom. The molecule has 3 rings (SSSR count). The first kappa shape index (κ1) is 26.3. The molecule has 1 aliphatic rings. The van der Waals surface area contributed by atoms with Gasteiger partial charge in [-0.1, -0.05) is 38.0 Å². The van der Waals surface area contributed by atoms with E-state index in [0.29, 0.717) is 22.7 Å². The predicted octanol–water partition coefficient (Wildman–Crippen LogP) is 5.28. The third kappa shape index (κ3) is 8.76. The van der Waals surface area contributed by atoms with Gasteiger partial charge in [0.25, 0.3) is 0 Å². The van der Waals surface area contributed by atoms with Crippen LogP contribution in [0.1, 0.15) is 63.0 Å². The minimum atomic E-state index is -0.485. The van der Waals surface area contributed by atoms with Gasteiger partial charge < -0.3 is 25.7 Å². The Kier molecular flexibility index (Phi) is 10.2. The van der Waals surface area contributed by atoms with Crippen LogP contribution in [-0.2, 0) is 25.7 Å². The van der Waals surface area contributed by atoms with E-state index in [1.807, 2.05) is 0 Å². The lowest BCUT2D eigenvalue weighted by atomic mass is 9.87. The van der Waals surface area contributed by atoms with E-state index in [-0.39, 0.29) is 24.6 Å². The Balaban J connectivity index is 1.39. The van der Waals surface area contributed by atoms with Gasteiger partial charge in [0.1, 0.15) is 12.4 Å². The van der Waals surface area contributed by atoms with Gasteiger partial charge in [0, 0.05) is 29.6 Å². The number of unbranched alkanes of at least 4 members (excludes halogenated alkanes) is 2. The Labute approximate surface area is 207 Å². The molecular formula is C28H36N2O5. The number of benzene rings is 2. The number of ether oxygens (including phenoxy) is 3. The number of hydrogen-bond donors (Lipinski definition) is 2. The molecule has 2 aromatic carbocycles. The van der Waals surface area contributed by atoms with Crippen LogP contribution in [0.15, 0.2) is 48.5 Å². The summed E-state index contributed by atoms with van der Waals surface area (Å²) in [7, 11) is 0. The highest BCUT2D eigenvalue weighted by Crippen LogP contribution is 2.28. The highest BCUT2D eigenvalue weighted by atomic mass is 16.5. The smallest absolute Gasteiger partial charge is 0.331 e. The standard InChI is InChI=1S/C28H36N2O5/c1-2-3-4-17-33-24-14-9-21(10-15-24)28(32)35-25-12-5-20(6-13-25)7-16-27(31)34-19-22-8-11-23(29)18-26(22)30/h5-8,11-13,16,18,21,24H,2-4,9-10,14-15,17,19,29-30H2,1H3. The first-order chi connectivity index (χ1) is 16.9. The molecule has 0 radical (unpaired) electrons. The first-order valence-electron chi connectivity index (χ1n) is 12.4. The van der Waals surface area contributed by atoms with Crippen molar-refractivity contribution in [1.82, 2.24) is 0 Å². The molecule has 0 bridgehead atoms. The van der Waals surface area contributed by atoms with Gasteiger partial charge in [-0.05, 0) is 68.0 Å². The molecule has 0 atom stereocenters. The molecule has 35 heavy (non-hydrogen) atoms. The average molecular weight is 481 g/mol. The quantitative estimate of drug-likeness (QED) is 0.148. The SMILES string of the molecule is CCCCCOC1CCC(C(=O)Oc2ccc(C=CC(=O)OCc3ccc(N)cc3N)cc2)CC1. The maximum atomic E-state index is 12.6. The zero-order chi connectivity index (χ0) is 25.0. The van der Waals surface area contributed by atoms with Gasteiger partial charge in [-0.15, -0.1) is 0 Å². The normalized spacial score (nSPS) is 17.9. The molecule has 0 saturated heterocycles. The number of carbonyl (C=O) groups excluding carboxylic acids is 2. The van der Waals surface area contributed by atoms with Crippen LogP contribution in [0, 0.1) is 5.92 Å². The van der Waals surface area contributed by atoms with Crippen molar-refractivity contribution in [1.29, 1.82) is 0 Å². The summed E-state index contributed by atoms with van der Waals surface area (Å²) in [6.07, 6.45) is 10.1. The van der Waals surface area contributed by atoms with E-state index < -0.39 is 5.97 Å². The molecule has 1 saturated carbocycles. The maximum absolute atomic E-state index is 12.6. The Bertz CT molecular complexity index is 995. The Hall–Kier alpha value is -3.32. The van der Waals surface area contributed by atoms with Crippen LogP contribution < -0.4 is 16.2 Å². The molecule has 0 aromatic heterocycles. The highest BCUT2D eigenvalue weighted by molar-refractivity contribution is 5.87. The lowest BCUT2D eigenvalue weighted by molar-refractivity contribution is -0.141. The Morgan fingerprint density at radius 1 is 1.00 bits per heavy atom. The van der Waals surface area contributed by atoms with Crippen molar-refractivity contribution in [2.45, 2.75) is 64.6 Å². The van der Waals surface area contributed by atoms with Crippen LogP contribution >= 0.6 is 0 Å². The minimum absolute atomic E-state index is 0.0665. The molecule has 0 unspecified atom stereocenters. The van der Waals surface area contributed by atoms with Crippen LogP contribution in [-0.4, -0.2) is 24.6 Å². The molecule has 1 fully saturated rings. The molecule has 0 aliphatic heterocycles. The largest absolute Gasteiger partial charge is 0.458 e. The summed E-state index contributed by atoms with van der Waals surface area (Å²) < 4.78 is 16.7. The number of carbonyl (C=O) groups is 2. The van der Waals surface area contributed by atoms with Crippen molar-refractivity contribution < 1.29 is 23.8 Å². The third-order valence-electron chi connectivity index (χ3n) is 6.16. The lowest BCUT2D eigenvalue weighted by Gasteiger charge is -2.27. The Morgan fingerprint density at radius 3 is 2.43 bits per heavy atom. The molecule has 2 aromatic rings. The van der Waals surface area contributed by atoms with E-state index in [9.17, 15) is 9.59 Å². The summed E-state index contributed by atoms with van der Waals surface area (Å²) in [5, 5.41) is 0. The monoisotopic (exact) mass is 480 g/mol. The summed E-state index contributed by atoms with van der Waals surface area (Å²) in [6.45, 7) is 3.06. The molecule has 188 valence electrons. The summed E-state index contributed by atoms with van der Waals surface area (Å²) in [4.78, 5) is 24.6. The zero-order valence-electron chi connectivity index (χ0n) is 20.4. The van der Waals surface area contributed by atoms with E-state index >= 15 is 0 Å². The number of rotatable bonds is 11. The molecular weight excluding hydrogens is 444 g/mol. The summed E-state index contributed by atoms with van der Waals surface area (Å²) in [5.41, 5.74) is 14.1. The summed E-state index contributed by atoms with van der Waals surface area (Å²) >= 11 is 0. The van der Waals surface area contributed by atoms with E-state index in [1.165, 1.54) is 18.9 Å².